The summed E-state index contributed by atoms with van der Waals surface area (Å²) in [6.45, 7) is 3.21. The van der Waals surface area contributed by atoms with Gasteiger partial charge in [0.2, 0.25) is 0 Å². The van der Waals surface area contributed by atoms with E-state index in [0.717, 1.165) is 6.42 Å². The summed E-state index contributed by atoms with van der Waals surface area (Å²) < 4.78 is 13.9. The third-order valence-electron chi connectivity index (χ3n) is 4.19. The molecule has 1 saturated carbocycles. The van der Waals surface area contributed by atoms with Crippen LogP contribution in [0, 0.1) is 18.2 Å². The summed E-state index contributed by atoms with van der Waals surface area (Å²) in [4.78, 5) is 23.5. The molecule has 1 aliphatic rings. The number of carboxylic acids is 1. The van der Waals surface area contributed by atoms with Crippen LogP contribution in [0.3, 0.4) is 0 Å². The average molecular weight is 279 g/mol. The van der Waals surface area contributed by atoms with Crippen LogP contribution < -0.4 is 5.32 Å². The van der Waals surface area contributed by atoms with Crippen LogP contribution in [0.5, 0.6) is 0 Å². The first-order chi connectivity index (χ1) is 9.36. The third kappa shape index (κ3) is 2.40. The second kappa shape index (κ2) is 5.23. The van der Waals surface area contributed by atoms with E-state index in [0.29, 0.717) is 18.4 Å². The Hall–Kier alpha value is -1.91. The molecule has 2 rings (SSSR count). The monoisotopic (exact) mass is 279 g/mol. The highest BCUT2D eigenvalue weighted by molar-refractivity contribution is 5.95. The number of hydrogen-bond donors (Lipinski definition) is 2. The Labute approximate surface area is 117 Å². The van der Waals surface area contributed by atoms with E-state index < -0.39 is 29.2 Å². The van der Waals surface area contributed by atoms with Gasteiger partial charge in [0.1, 0.15) is 5.82 Å². The lowest BCUT2D eigenvalue weighted by molar-refractivity contribution is -0.148. The maximum absolute atomic E-state index is 13.9. The highest BCUT2D eigenvalue weighted by Gasteiger charge is 2.46. The molecule has 1 amide bonds. The molecule has 0 aromatic heterocycles. The minimum atomic E-state index is -0.976. The van der Waals surface area contributed by atoms with Gasteiger partial charge in [0, 0.05) is 6.04 Å². The molecule has 0 aliphatic heterocycles. The van der Waals surface area contributed by atoms with Gasteiger partial charge in [0.15, 0.2) is 0 Å². The first-order valence-corrected chi connectivity index (χ1v) is 6.65. The highest BCUT2D eigenvalue weighted by Crippen LogP contribution is 2.38. The standard InChI is InChI=1S/C15H18FNO3/c1-9-5-3-6-10(12(9)16)13(18)17-11-7-4-8-15(11,2)14(19)20/h3,5-6,11H,4,7-8H2,1-2H3,(H,17,18)(H,19,20). The van der Waals surface area contributed by atoms with Gasteiger partial charge in [-0.1, -0.05) is 18.6 Å². The second-order valence-corrected chi connectivity index (χ2v) is 5.58. The van der Waals surface area contributed by atoms with E-state index >= 15 is 0 Å². The number of carbonyl (C=O) groups is 2. The van der Waals surface area contributed by atoms with Crippen molar-refractivity contribution in [3.63, 3.8) is 0 Å². The summed E-state index contributed by atoms with van der Waals surface area (Å²) in [6, 6.07) is 4.14. The molecule has 2 N–H and O–H groups in total. The van der Waals surface area contributed by atoms with Crippen LogP contribution >= 0.6 is 0 Å². The Morgan fingerprint density at radius 1 is 1.45 bits per heavy atom. The average Bonchev–Trinajstić information content (AvgIpc) is 2.75. The van der Waals surface area contributed by atoms with Crippen LogP contribution in [0.4, 0.5) is 4.39 Å². The number of aryl methyl sites for hydroxylation is 1. The van der Waals surface area contributed by atoms with E-state index in [2.05, 4.69) is 5.32 Å². The van der Waals surface area contributed by atoms with Gasteiger partial charge in [-0.3, -0.25) is 9.59 Å². The fourth-order valence-corrected chi connectivity index (χ4v) is 2.71. The number of nitrogens with one attached hydrogen (secondary N) is 1. The minimum Gasteiger partial charge on any atom is -0.481 e. The van der Waals surface area contributed by atoms with E-state index in [-0.39, 0.29) is 5.56 Å². The number of halogens is 1. The van der Waals surface area contributed by atoms with Crippen molar-refractivity contribution >= 4 is 11.9 Å². The number of benzene rings is 1. The number of hydrogen-bond acceptors (Lipinski definition) is 2. The maximum atomic E-state index is 13.9. The van der Waals surface area contributed by atoms with Gasteiger partial charge in [-0.2, -0.15) is 0 Å². The van der Waals surface area contributed by atoms with E-state index in [1.807, 2.05) is 0 Å². The molecule has 20 heavy (non-hydrogen) atoms. The second-order valence-electron chi connectivity index (χ2n) is 5.58. The van der Waals surface area contributed by atoms with Crippen molar-refractivity contribution in [3.05, 3.63) is 35.1 Å². The van der Waals surface area contributed by atoms with E-state index in [1.165, 1.54) is 6.07 Å². The van der Waals surface area contributed by atoms with Crippen molar-refractivity contribution in [3.8, 4) is 0 Å². The van der Waals surface area contributed by atoms with Gasteiger partial charge in [-0.05, 0) is 38.3 Å². The normalized spacial score (nSPS) is 25.4. The Bertz CT molecular complexity index is 558. The molecular weight excluding hydrogens is 261 g/mol. The molecule has 0 heterocycles. The predicted molar refractivity (Wildman–Crippen MR) is 72.0 cm³/mol. The Morgan fingerprint density at radius 2 is 2.15 bits per heavy atom. The number of carboxylic acid groups (broad SMARTS) is 1. The number of aliphatic carboxylic acids is 1. The van der Waals surface area contributed by atoms with Crippen LogP contribution in [0.15, 0.2) is 18.2 Å². The molecule has 0 spiro atoms. The van der Waals surface area contributed by atoms with Crippen molar-refractivity contribution in [1.82, 2.24) is 5.32 Å². The summed E-state index contributed by atoms with van der Waals surface area (Å²) >= 11 is 0. The van der Waals surface area contributed by atoms with E-state index in [1.54, 1.807) is 26.0 Å². The van der Waals surface area contributed by atoms with Crippen molar-refractivity contribution in [2.45, 2.75) is 39.2 Å². The van der Waals surface area contributed by atoms with Crippen molar-refractivity contribution in [2.24, 2.45) is 5.41 Å². The molecule has 0 radical (unpaired) electrons. The highest BCUT2D eigenvalue weighted by atomic mass is 19.1. The van der Waals surface area contributed by atoms with Crippen LogP contribution in [0.2, 0.25) is 0 Å². The number of rotatable bonds is 3. The van der Waals surface area contributed by atoms with Crippen molar-refractivity contribution in [2.75, 3.05) is 0 Å². The summed E-state index contributed by atoms with van der Waals surface area (Å²) in [7, 11) is 0. The van der Waals surface area contributed by atoms with Crippen LogP contribution in [0.1, 0.15) is 42.1 Å². The summed E-state index contributed by atoms with van der Waals surface area (Å²) in [6.07, 6.45) is 1.86. The molecule has 4 nitrogen and oxygen atoms in total. The topological polar surface area (TPSA) is 66.4 Å². The quantitative estimate of drug-likeness (QED) is 0.893. The third-order valence-corrected chi connectivity index (χ3v) is 4.19. The Balaban J connectivity index is 2.20. The Morgan fingerprint density at radius 3 is 2.80 bits per heavy atom. The van der Waals surface area contributed by atoms with Gasteiger partial charge in [-0.15, -0.1) is 0 Å². The van der Waals surface area contributed by atoms with Gasteiger partial charge < -0.3 is 10.4 Å². The molecule has 1 fully saturated rings. The molecule has 1 aromatic rings. The number of carbonyl (C=O) groups excluding carboxylic acids is 1. The summed E-state index contributed by atoms with van der Waals surface area (Å²) in [5.41, 5.74) is -0.620. The lowest BCUT2D eigenvalue weighted by Crippen LogP contribution is -2.47. The lowest BCUT2D eigenvalue weighted by atomic mass is 9.85. The number of amides is 1. The molecular formula is C15H18FNO3. The maximum Gasteiger partial charge on any atom is 0.311 e. The zero-order valence-corrected chi connectivity index (χ0v) is 11.6. The molecule has 5 heteroatoms. The lowest BCUT2D eigenvalue weighted by Gasteiger charge is -2.27. The van der Waals surface area contributed by atoms with Gasteiger partial charge in [0.25, 0.3) is 5.91 Å². The zero-order chi connectivity index (χ0) is 14.9. The molecule has 2 atom stereocenters. The summed E-state index contributed by atoms with van der Waals surface area (Å²) in [5.74, 6) is -2.03. The predicted octanol–water partition coefficient (Wildman–Crippen LogP) is 2.51. The molecule has 0 bridgehead atoms. The summed E-state index contributed by atoms with van der Waals surface area (Å²) in [5, 5.41) is 12.0. The molecule has 0 saturated heterocycles. The van der Waals surface area contributed by atoms with Gasteiger partial charge >= 0.3 is 5.97 Å². The van der Waals surface area contributed by atoms with Crippen molar-refractivity contribution in [1.29, 1.82) is 0 Å². The van der Waals surface area contributed by atoms with Gasteiger partial charge in [0.05, 0.1) is 11.0 Å². The molecule has 1 aromatic carbocycles. The van der Waals surface area contributed by atoms with E-state index in [4.69, 9.17) is 0 Å². The Kier molecular flexibility index (Phi) is 3.79. The SMILES string of the molecule is Cc1cccc(C(=O)NC2CCCC2(C)C(=O)O)c1F. The fourth-order valence-electron chi connectivity index (χ4n) is 2.71. The molecule has 1 aliphatic carbocycles. The first-order valence-electron chi connectivity index (χ1n) is 6.65. The van der Waals surface area contributed by atoms with Crippen LogP contribution in [0.25, 0.3) is 0 Å². The van der Waals surface area contributed by atoms with Crippen LogP contribution in [-0.4, -0.2) is 23.0 Å². The smallest absolute Gasteiger partial charge is 0.311 e. The first kappa shape index (κ1) is 14.5. The van der Waals surface area contributed by atoms with E-state index in [9.17, 15) is 19.1 Å². The zero-order valence-electron chi connectivity index (χ0n) is 11.6. The fraction of sp³-hybridized carbons (Fsp3) is 0.467. The van der Waals surface area contributed by atoms with Crippen LogP contribution in [-0.2, 0) is 4.79 Å². The van der Waals surface area contributed by atoms with Gasteiger partial charge in [-0.25, -0.2) is 4.39 Å². The minimum absolute atomic E-state index is 0.0374. The molecule has 2 unspecified atom stereocenters. The molecule has 108 valence electrons. The largest absolute Gasteiger partial charge is 0.481 e. The van der Waals surface area contributed by atoms with Crippen molar-refractivity contribution < 1.29 is 19.1 Å².